The molecule has 0 bridgehead atoms. The minimum absolute atomic E-state index is 0.114. The Morgan fingerprint density at radius 2 is 1.43 bits per heavy atom. The van der Waals surface area contributed by atoms with Crippen molar-refractivity contribution in [2.45, 2.75) is 37.6 Å². The van der Waals surface area contributed by atoms with E-state index < -0.39 is 36.6 Å². The number of benzene rings is 1. The van der Waals surface area contributed by atoms with Gasteiger partial charge in [0.25, 0.3) is 6.10 Å². The molecule has 0 amide bonds. The highest BCUT2D eigenvalue weighted by molar-refractivity contribution is 5.56. The normalized spacial score (nSPS) is 20.5. The Kier molecular flexibility index (Phi) is 8.46. The van der Waals surface area contributed by atoms with Crippen LogP contribution in [0.3, 0.4) is 0 Å². The molecule has 0 spiro atoms. The molecular weight excluding hydrogens is 501 g/mol. The van der Waals surface area contributed by atoms with Crippen molar-refractivity contribution in [1.29, 1.82) is 0 Å². The van der Waals surface area contributed by atoms with Crippen molar-refractivity contribution in [3.8, 4) is 0 Å². The number of anilines is 1. The van der Waals surface area contributed by atoms with Gasteiger partial charge in [-0.3, -0.25) is 9.80 Å². The molecule has 1 aromatic rings. The Bertz CT molecular complexity index is 820. The average Bonchev–Trinajstić information content (AvgIpc) is 2.76. The second-order valence-corrected chi connectivity index (χ2v) is 8.18. The van der Waals surface area contributed by atoms with E-state index in [0.29, 0.717) is 37.6 Å². The summed E-state index contributed by atoms with van der Waals surface area (Å²) in [5.74, 6) is 0. The highest BCUT2D eigenvalue weighted by atomic mass is 19.4. The van der Waals surface area contributed by atoms with E-state index in [2.05, 4.69) is 4.74 Å². The van der Waals surface area contributed by atoms with Gasteiger partial charge >= 0.3 is 18.5 Å². The number of halogens is 9. The minimum atomic E-state index is -5.75. The summed E-state index contributed by atoms with van der Waals surface area (Å²) in [7, 11) is 0. The largest absolute Gasteiger partial charge is 0.423 e. The maximum Gasteiger partial charge on any atom is 0.423 e. The van der Waals surface area contributed by atoms with Crippen LogP contribution in [0.15, 0.2) is 18.2 Å². The predicted octanol–water partition coefficient (Wildman–Crippen LogP) is 3.45. The first-order valence-corrected chi connectivity index (χ1v) is 10.6. The predicted molar refractivity (Wildman–Crippen MR) is 104 cm³/mol. The zero-order valence-corrected chi connectivity index (χ0v) is 18.3. The van der Waals surface area contributed by atoms with Gasteiger partial charge in [-0.25, -0.2) is 0 Å². The molecule has 0 saturated carbocycles. The standard InChI is InChI=1S/C20H24F9N3O3/c21-18(22,23)14-2-1-13(15(11-14)31-7-9-34-10-8-31)12-30-3-5-32(6-4-30)17(33)35-16(19(24,25)26)20(27,28)29/h1-2,11,16-17,33H,3-10,12H2. The molecule has 1 aromatic carbocycles. The van der Waals surface area contributed by atoms with Crippen LogP contribution in [0, 0.1) is 0 Å². The van der Waals surface area contributed by atoms with Crippen LogP contribution in [0.5, 0.6) is 0 Å². The number of nitrogens with zero attached hydrogens (tertiary/aromatic N) is 3. The van der Waals surface area contributed by atoms with Gasteiger partial charge in [0, 0.05) is 51.5 Å². The summed E-state index contributed by atoms with van der Waals surface area (Å²) in [4.78, 5) is 4.48. The number of aliphatic hydroxyl groups excluding tert-OH is 1. The van der Waals surface area contributed by atoms with Gasteiger partial charge in [0.15, 0.2) is 0 Å². The van der Waals surface area contributed by atoms with Crippen LogP contribution in [-0.2, 0) is 22.2 Å². The summed E-state index contributed by atoms with van der Waals surface area (Å²) >= 11 is 0. The molecule has 0 aromatic heterocycles. The SMILES string of the molecule is OC(OC(C(F)(F)F)C(F)(F)F)N1CCN(Cc2ccc(C(F)(F)F)cc2N2CCOCC2)CC1. The molecule has 2 saturated heterocycles. The summed E-state index contributed by atoms with van der Waals surface area (Å²) in [6.07, 6.45) is -22.6. The van der Waals surface area contributed by atoms with E-state index in [-0.39, 0.29) is 32.7 Å². The average molecular weight is 525 g/mol. The van der Waals surface area contributed by atoms with Crippen molar-refractivity contribution < 1.29 is 54.1 Å². The molecule has 200 valence electrons. The molecule has 3 rings (SSSR count). The summed E-state index contributed by atoms with van der Waals surface area (Å²) in [5, 5.41) is 9.83. The van der Waals surface area contributed by atoms with Crippen molar-refractivity contribution >= 4 is 5.69 Å². The zero-order valence-electron chi connectivity index (χ0n) is 18.3. The van der Waals surface area contributed by atoms with E-state index in [1.165, 1.54) is 6.07 Å². The monoisotopic (exact) mass is 525 g/mol. The molecule has 0 radical (unpaired) electrons. The highest BCUT2D eigenvalue weighted by Gasteiger charge is 2.59. The van der Waals surface area contributed by atoms with Crippen molar-refractivity contribution in [1.82, 2.24) is 9.80 Å². The summed E-state index contributed by atoms with van der Waals surface area (Å²) in [6.45, 7) is 1.72. The number of piperazine rings is 1. The van der Waals surface area contributed by atoms with Gasteiger partial charge in [0.1, 0.15) is 0 Å². The van der Waals surface area contributed by atoms with Gasteiger partial charge in [0.2, 0.25) is 6.41 Å². The lowest BCUT2D eigenvalue weighted by molar-refractivity contribution is -0.367. The number of alkyl halides is 9. The topological polar surface area (TPSA) is 48.4 Å². The quantitative estimate of drug-likeness (QED) is 0.454. The van der Waals surface area contributed by atoms with E-state index in [1.54, 1.807) is 9.80 Å². The number of ether oxygens (including phenoxy) is 2. The molecule has 2 aliphatic heterocycles. The lowest BCUT2D eigenvalue weighted by Crippen LogP contribution is -2.55. The summed E-state index contributed by atoms with van der Waals surface area (Å²) in [5.41, 5.74) is 0.156. The van der Waals surface area contributed by atoms with Crippen LogP contribution in [0.4, 0.5) is 45.2 Å². The molecule has 2 aliphatic rings. The van der Waals surface area contributed by atoms with Gasteiger partial charge in [-0.15, -0.1) is 0 Å². The summed E-state index contributed by atoms with van der Waals surface area (Å²) < 4.78 is 125. The molecular formula is C20H24F9N3O3. The number of hydrogen-bond acceptors (Lipinski definition) is 6. The van der Waals surface area contributed by atoms with Crippen LogP contribution in [0.1, 0.15) is 11.1 Å². The van der Waals surface area contributed by atoms with Crippen molar-refractivity contribution in [3.05, 3.63) is 29.3 Å². The van der Waals surface area contributed by atoms with Crippen LogP contribution in [-0.4, -0.2) is 92.3 Å². The molecule has 2 heterocycles. The van der Waals surface area contributed by atoms with Crippen LogP contribution in [0.2, 0.25) is 0 Å². The molecule has 15 heteroatoms. The van der Waals surface area contributed by atoms with E-state index in [9.17, 15) is 44.6 Å². The fourth-order valence-corrected chi connectivity index (χ4v) is 3.90. The van der Waals surface area contributed by atoms with Crippen molar-refractivity contribution in [3.63, 3.8) is 0 Å². The maximum atomic E-state index is 13.2. The Labute approximate surface area is 194 Å². The Morgan fingerprint density at radius 3 is 1.94 bits per heavy atom. The van der Waals surface area contributed by atoms with Crippen LogP contribution in [0.25, 0.3) is 0 Å². The van der Waals surface area contributed by atoms with Crippen molar-refractivity contribution in [2.75, 3.05) is 57.4 Å². The van der Waals surface area contributed by atoms with Gasteiger partial charge in [-0.1, -0.05) is 6.07 Å². The van der Waals surface area contributed by atoms with E-state index >= 15 is 0 Å². The van der Waals surface area contributed by atoms with Gasteiger partial charge in [-0.2, -0.15) is 39.5 Å². The first-order chi connectivity index (χ1) is 16.2. The molecule has 35 heavy (non-hydrogen) atoms. The van der Waals surface area contributed by atoms with E-state index in [4.69, 9.17) is 4.74 Å². The number of hydrogen-bond donors (Lipinski definition) is 1. The lowest BCUT2D eigenvalue weighted by atomic mass is 10.1. The second kappa shape index (κ2) is 10.7. The molecule has 2 fully saturated rings. The molecule has 1 unspecified atom stereocenters. The zero-order chi connectivity index (χ0) is 26.0. The Morgan fingerprint density at radius 1 is 0.857 bits per heavy atom. The first kappa shape index (κ1) is 27.8. The summed E-state index contributed by atoms with van der Waals surface area (Å²) in [6, 6.07) is 3.37. The molecule has 1 N–H and O–H groups in total. The van der Waals surface area contributed by atoms with E-state index in [1.807, 2.05) is 0 Å². The van der Waals surface area contributed by atoms with Gasteiger partial charge in [0.05, 0.1) is 18.8 Å². The molecule has 0 aliphatic carbocycles. The molecule has 1 atom stereocenters. The molecule has 6 nitrogen and oxygen atoms in total. The van der Waals surface area contributed by atoms with E-state index in [0.717, 1.165) is 17.0 Å². The first-order valence-electron chi connectivity index (χ1n) is 10.6. The Hall–Kier alpha value is -1.81. The van der Waals surface area contributed by atoms with Crippen LogP contribution < -0.4 is 4.90 Å². The van der Waals surface area contributed by atoms with Crippen molar-refractivity contribution in [2.24, 2.45) is 0 Å². The second-order valence-electron chi connectivity index (χ2n) is 8.18. The third kappa shape index (κ3) is 7.35. The fraction of sp³-hybridized carbons (Fsp3) is 0.700. The minimum Gasteiger partial charge on any atom is -0.378 e. The smallest absolute Gasteiger partial charge is 0.378 e. The highest BCUT2D eigenvalue weighted by Crippen LogP contribution is 2.37. The lowest BCUT2D eigenvalue weighted by Gasteiger charge is -2.39. The third-order valence-electron chi connectivity index (χ3n) is 5.73. The van der Waals surface area contributed by atoms with Gasteiger partial charge in [-0.05, 0) is 17.7 Å². The fourth-order valence-electron chi connectivity index (χ4n) is 3.90. The van der Waals surface area contributed by atoms with Gasteiger partial charge < -0.3 is 19.5 Å². The number of morpholine rings is 1. The number of rotatable bonds is 6. The van der Waals surface area contributed by atoms with Crippen LogP contribution >= 0.6 is 0 Å². The third-order valence-corrected chi connectivity index (χ3v) is 5.73. The Balaban J connectivity index is 1.65. The maximum absolute atomic E-state index is 13.2. The number of aliphatic hydroxyl groups is 1.